The molecule has 0 amide bonds. The van der Waals surface area contributed by atoms with E-state index in [9.17, 15) is 0 Å². The maximum Gasteiger partial charge on any atom is 0.183 e. The Labute approximate surface area is 96.4 Å². The van der Waals surface area contributed by atoms with E-state index >= 15 is 0 Å². The van der Waals surface area contributed by atoms with Gasteiger partial charge in [-0.3, -0.25) is 0 Å². The molecule has 14 heavy (non-hydrogen) atoms. The molecule has 1 fully saturated rings. The van der Waals surface area contributed by atoms with Crippen LogP contribution >= 0.6 is 27.3 Å². The molecule has 0 bridgehead atoms. The Morgan fingerprint density at radius 1 is 1.64 bits per heavy atom. The van der Waals surface area contributed by atoms with E-state index in [0.717, 1.165) is 22.8 Å². The average molecular weight is 276 g/mol. The third-order valence-corrected chi connectivity index (χ3v) is 3.90. The van der Waals surface area contributed by atoms with E-state index in [1.54, 1.807) is 11.3 Å². The smallest absolute Gasteiger partial charge is 0.183 e. The Morgan fingerprint density at radius 2 is 2.57 bits per heavy atom. The minimum atomic E-state index is 0.617. The zero-order valence-electron chi connectivity index (χ0n) is 7.92. The lowest BCUT2D eigenvalue weighted by Gasteiger charge is -2.23. The second-order valence-electron chi connectivity index (χ2n) is 3.50. The summed E-state index contributed by atoms with van der Waals surface area (Å²) in [6, 6.07) is 0.617. The molecule has 1 atom stereocenters. The summed E-state index contributed by atoms with van der Waals surface area (Å²) in [4.78, 5) is 4.29. The van der Waals surface area contributed by atoms with E-state index in [1.165, 1.54) is 19.3 Å². The van der Waals surface area contributed by atoms with Crippen LogP contribution in [0.5, 0.6) is 0 Å². The molecule has 1 saturated heterocycles. The predicted molar refractivity (Wildman–Crippen MR) is 63.9 cm³/mol. The van der Waals surface area contributed by atoms with E-state index in [0.29, 0.717) is 6.04 Å². The van der Waals surface area contributed by atoms with Crippen molar-refractivity contribution in [2.75, 3.05) is 18.4 Å². The predicted octanol–water partition coefficient (Wildman–Crippen LogP) is 2.46. The van der Waals surface area contributed by atoms with E-state index < -0.39 is 0 Å². The van der Waals surface area contributed by atoms with Gasteiger partial charge in [-0.2, -0.15) is 0 Å². The average Bonchev–Trinajstić information content (AvgIpc) is 2.63. The lowest BCUT2D eigenvalue weighted by molar-refractivity contribution is 0.414. The number of nitrogens with one attached hydrogen (secondary N) is 2. The van der Waals surface area contributed by atoms with Crippen molar-refractivity contribution in [2.45, 2.75) is 25.3 Å². The van der Waals surface area contributed by atoms with Gasteiger partial charge in [0.25, 0.3) is 0 Å². The van der Waals surface area contributed by atoms with Gasteiger partial charge in [0.15, 0.2) is 5.13 Å². The number of aromatic nitrogens is 1. The Hall–Kier alpha value is -0.130. The molecule has 78 valence electrons. The van der Waals surface area contributed by atoms with Crippen LogP contribution < -0.4 is 10.6 Å². The lowest BCUT2D eigenvalue weighted by Crippen LogP contribution is -2.39. The molecule has 5 heteroatoms. The number of anilines is 1. The first-order valence-corrected chi connectivity index (χ1v) is 6.60. The first-order valence-electron chi connectivity index (χ1n) is 4.93. The van der Waals surface area contributed by atoms with E-state index in [-0.39, 0.29) is 0 Å². The van der Waals surface area contributed by atoms with Crippen LogP contribution in [-0.2, 0) is 0 Å². The van der Waals surface area contributed by atoms with Crippen LogP contribution in [0.15, 0.2) is 9.98 Å². The fraction of sp³-hybridized carbons (Fsp3) is 0.667. The largest absolute Gasteiger partial charge is 0.360 e. The van der Waals surface area contributed by atoms with Gasteiger partial charge in [-0.15, -0.1) is 11.3 Å². The van der Waals surface area contributed by atoms with E-state index in [2.05, 4.69) is 31.5 Å². The molecule has 0 aliphatic carbocycles. The van der Waals surface area contributed by atoms with Gasteiger partial charge in [0.05, 0.1) is 0 Å². The number of thiazole rings is 1. The summed E-state index contributed by atoms with van der Waals surface area (Å²) in [6.07, 6.45) is 3.94. The second kappa shape index (κ2) is 5.09. The van der Waals surface area contributed by atoms with Gasteiger partial charge in [0, 0.05) is 18.0 Å². The minimum Gasteiger partial charge on any atom is -0.360 e. The van der Waals surface area contributed by atoms with Crippen LogP contribution in [0, 0.1) is 0 Å². The van der Waals surface area contributed by atoms with Crippen LogP contribution in [0.4, 0.5) is 5.13 Å². The van der Waals surface area contributed by atoms with Crippen molar-refractivity contribution in [3.63, 3.8) is 0 Å². The molecular weight excluding hydrogens is 262 g/mol. The van der Waals surface area contributed by atoms with Gasteiger partial charge in [0.1, 0.15) is 4.60 Å². The van der Waals surface area contributed by atoms with Crippen molar-refractivity contribution in [1.82, 2.24) is 10.3 Å². The molecular formula is C9H14BrN3S. The highest BCUT2D eigenvalue weighted by Gasteiger charge is 2.12. The normalized spacial score (nSPS) is 22.2. The second-order valence-corrected chi connectivity index (χ2v) is 5.17. The van der Waals surface area contributed by atoms with Crippen molar-refractivity contribution in [3.8, 4) is 0 Å². The standard InChI is InChI=1S/C9H14BrN3S/c10-8-6-14-9(13-8)12-5-7-3-1-2-4-11-7/h6-7,11H,1-5H2,(H,12,13). The van der Waals surface area contributed by atoms with Crippen molar-refractivity contribution in [3.05, 3.63) is 9.98 Å². The topological polar surface area (TPSA) is 37.0 Å². The summed E-state index contributed by atoms with van der Waals surface area (Å²) in [5.41, 5.74) is 0. The van der Waals surface area contributed by atoms with Crippen molar-refractivity contribution in [1.29, 1.82) is 0 Å². The molecule has 2 heterocycles. The zero-order chi connectivity index (χ0) is 9.80. The molecule has 0 spiro atoms. The third-order valence-electron chi connectivity index (χ3n) is 2.39. The monoisotopic (exact) mass is 275 g/mol. The number of hydrogen-bond acceptors (Lipinski definition) is 4. The number of halogens is 1. The summed E-state index contributed by atoms with van der Waals surface area (Å²) in [5, 5.41) is 9.85. The fourth-order valence-corrected chi connectivity index (χ4v) is 2.80. The highest BCUT2D eigenvalue weighted by atomic mass is 79.9. The lowest BCUT2D eigenvalue weighted by atomic mass is 10.1. The van der Waals surface area contributed by atoms with Crippen LogP contribution in [-0.4, -0.2) is 24.1 Å². The van der Waals surface area contributed by atoms with Gasteiger partial charge >= 0.3 is 0 Å². The number of hydrogen-bond donors (Lipinski definition) is 2. The number of piperidine rings is 1. The van der Waals surface area contributed by atoms with Crippen molar-refractivity contribution < 1.29 is 0 Å². The van der Waals surface area contributed by atoms with Crippen molar-refractivity contribution >= 4 is 32.4 Å². The van der Waals surface area contributed by atoms with Crippen LogP contribution in [0.25, 0.3) is 0 Å². The molecule has 1 aromatic heterocycles. The molecule has 1 aromatic rings. The first kappa shape index (κ1) is 10.4. The summed E-state index contributed by atoms with van der Waals surface area (Å²) < 4.78 is 0.918. The summed E-state index contributed by atoms with van der Waals surface area (Å²) in [7, 11) is 0. The highest BCUT2D eigenvalue weighted by molar-refractivity contribution is 9.10. The van der Waals surface area contributed by atoms with Crippen LogP contribution in [0.1, 0.15) is 19.3 Å². The Morgan fingerprint density at radius 3 is 3.21 bits per heavy atom. The molecule has 0 saturated carbocycles. The summed E-state index contributed by atoms with van der Waals surface area (Å²) >= 11 is 4.98. The Bertz CT molecular complexity index is 283. The summed E-state index contributed by atoms with van der Waals surface area (Å²) in [6.45, 7) is 2.15. The van der Waals surface area contributed by atoms with E-state index in [4.69, 9.17) is 0 Å². The number of nitrogens with zero attached hydrogens (tertiary/aromatic N) is 1. The van der Waals surface area contributed by atoms with E-state index in [1.807, 2.05) is 5.38 Å². The SMILES string of the molecule is Brc1csc(NCC2CCCCN2)n1. The molecule has 1 aliphatic heterocycles. The fourth-order valence-electron chi connectivity index (χ4n) is 1.64. The van der Waals surface area contributed by atoms with Crippen molar-refractivity contribution in [2.24, 2.45) is 0 Å². The first-order chi connectivity index (χ1) is 6.84. The summed E-state index contributed by atoms with van der Waals surface area (Å²) in [5.74, 6) is 0. The van der Waals surface area contributed by atoms with Gasteiger partial charge in [-0.1, -0.05) is 6.42 Å². The highest BCUT2D eigenvalue weighted by Crippen LogP contribution is 2.19. The maximum absolute atomic E-state index is 4.29. The molecule has 2 rings (SSSR count). The molecule has 1 unspecified atom stereocenters. The molecule has 2 N–H and O–H groups in total. The van der Waals surface area contributed by atoms with Crippen LogP contribution in [0.2, 0.25) is 0 Å². The van der Waals surface area contributed by atoms with Gasteiger partial charge in [-0.05, 0) is 35.3 Å². The Kier molecular flexibility index (Phi) is 3.78. The maximum atomic E-state index is 4.29. The molecule has 3 nitrogen and oxygen atoms in total. The van der Waals surface area contributed by atoms with Gasteiger partial charge < -0.3 is 10.6 Å². The zero-order valence-corrected chi connectivity index (χ0v) is 10.3. The quantitative estimate of drug-likeness (QED) is 0.890. The Balaban J connectivity index is 1.76. The molecule has 0 aromatic carbocycles. The van der Waals surface area contributed by atoms with Gasteiger partial charge in [0.2, 0.25) is 0 Å². The molecule has 0 radical (unpaired) electrons. The van der Waals surface area contributed by atoms with Crippen LogP contribution in [0.3, 0.4) is 0 Å². The molecule has 1 aliphatic rings. The third kappa shape index (κ3) is 2.93. The minimum absolute atomic E-state index is 0.617. The number of rotatable bonds is 3. The van der Waals surface area contributed by atoms with Gasteiger partial charge in [-0.25, -0.2) is 4.98 Å².